The molecule has 0 atom stereocenters. The lowest BCUT2D eigenvalue weighted by Gasteiger charge is -2.20. The van der Waals surface area contributed by atoms with Crippen LogP contribution in [0.25, 0.3) is 17.1 Å². The SMILES string of the molecule is Cc1ccc(-n2nc(-c3c(C)ccc(CNC(=O)C(C)(C)CF)c3C)[nH]c2=O)cc1. The van der Waals surface area contributed by atoms with E-state index in [1.165, 1.54) is 4.68 Å². The number of carbonyl (C=O) groups is 1. The first-order valence-corrected chi connectivity index (χ1v) is 9.84. The Balaban J connectivity index is 1.95. The first kappa shape index (κ1) is 21.5. The molecule has 2 N–H and O–H groups in total. The molecule has 0 spiro atoms. The van der Waals surface area contributed by atoms with Crippen LogP contribution in [0.15, 0.2) is 41.2 Å². The first-order chi connectivity index (χ1) is 14.1. The number of halogens is 1. The molecule has 0 bridgehead atoms. The third-order valence-electron chi connectivity index (χ3n) is 5.31. The Morgan fingerprint density at radius 2 is 1.80 bits per heavy atom. The summed E-state index contributed by atoms with van der Waals surface area (Å²) in [6, 6.07) is 11.4. The van der Waals surface area contributed by atoms with Crippen LogP contribution >= 0.6 is 0 Å². The lowest BCUT2D eigenvalue weighted by molar-refractivity contribution is -0.130. The highest BCUT2D eigenvalue weighted by atomic mass is 19.1. The summed E-state index contributed by atoms with van der Waals surface area (Å²) in [5, 5.41) is 7.30. The quantitative estimate of drug-likeness (QED) is 0.649. The molecule has 1 aromatic heterocycles. The summed E-state index contributed by atoms with van der Waals surface area (Å²) >= 11 is 0. The van der Waals surface area contributed by atoms with Gasteiger partial charge in [-0.3, -0.25) is 9.78 Å². The number of rotatable bonds is 6. The molecule has 3 rings (SSSR count). The van der Waals surface area contributed by atoms with Crippen LogP contribution in [0.5, 0.6) is 0 Å². The Morgan fingerprint density at radius 3 is 2.43 bits per heavy atom. The number of aryl methyl sites for hydroxylation is 2. The van der Waals surface area contributed by atoms with Crippen molar-refractivity contribution in [1.29, 1.82) is 0 Å². The van der Waals surface area contributed by atoms with Crippen molar-refractivity contribution < 1.29 is 9.18 Å². The van der Waals surface area contributed by atoms with Crippen molar-refractivity contribution >= 4 is 5.91 Å². The average molecular weight is 410 g/mol. The summed E-state index contributed by atoms with van der Waals surface area (Å²) in [5.41, 5.74) is 3.93. The summed E-state index contributed by atoms with van der Waals surface area (Å²) in [4.78, 5) is 27.6. The minimum atomic E-state index is -1.07. The molecular formula is C23H27FN4O2. The number of hydrogen-bond donors (Lipinski definition) is 2. The first-order valence-electron chi connectivity index (χ1n) is 9.84. The minimum absolute atomic E-state index is 0.268. The van der Waals surface area contributed by atoms with Gasteiger partial charge in [-0.1, -0.05) is 29.8 Å². The number of aromatic nitrogens is 3. The van der Waals surface area contributed by atoms with Gasteiger partial charge in [-0.25, -0.2) is 9.18 Å². The van der Waals surface area contributed by atoms with E-state index < -0.39 is 12.1 Å². The number of H-pyrrole nitrogens is 1. The molecular weight excluding hydrogens is 383 g/mol. The number of aromatic amines is 1. The van der Waals surface area contributed by atoms with Gasteiger partial charge in [0.1, 0.15) is 6.67 Å². The van der Waals surface area contributed by atoms with Crippen LogP contribution in [0.4, 0.5) is 4.39 Å². The molecule has 0 aliphatic carbocycles. The number of nitrogens with zero attached hydrogens (tertiary/aromatic N) is 2. The zero-order chi connectivity index (χ0) is 22.1. The Morgan fingerprint density at radius 1 is 1.13 bits per heavy atom. The number of alkyl halides is 1. The van der Waals surface area contributed by atoms with Crippen LogP contribution in [0.1, 0.15) is 36.1 Å². The maximum absolute atomic E-state index is 13.1. The fourth-order valence-electron chi connectivity index (χ4n) is 3.22. The molecule has 1 amide bonds. The molecule has 6 nitrogen and oxygen atoms in total. The van der Waals surface area contributed by atoms with Crippen LogP contribution < -0.4 is 11.0 Å². The highest BCUT2D eigenvalue weighted by Crippen LogP contribution is 2.27. The predicted molar refractivity (Wildman–Crippen MR) is 115 cm³/mol. The highest BCUT2D eigenvalue weighted by Gasteiger charge is 2.27. The van der Waals surface area contributed by atoms with Crippen molar-refractivity contribution in [2.45, 2.75) is 41.2 Å². The van der Waals surface area contributed by atoms with Crippen LogP contribution in [-0.2, 0) is 11.3 Å². The molecule has 7 heteroatoms. The molecule has 30 heavy (non-hydrogen) atoms. The van der Waals surface area contributed by atoms with E-state index in [4.69, 9.17) is 0 Å². The number of benzene rings is 2. The molecule has 1 heterocycles. The smallest absolute Gasteiger partial charge is 0.348 e. The monoisotopic (exact) mass is 410 g/mol. The number of nitrogens with one attached hydrogen (secondary N) is 2. The molecule has 0 fully saturated rings. The van der Waals surface area contributed by atoms with E-state index in [1.54, 1.807) is 13.8 Å². The number of carbonyl (C=O) groups excluding carboxylic acids is 1. The maximum atomic E-state index is 13.1. The molecule has 0 aliphatic heterocycles. The largest absolute Gasteiger partial charge is 0.351 e. The highest BCUT2D eigenvalue weighted by molar-refractivity contribution is 5.82. The van der Waals surface area contributed by atoms with Crippen LogP contribution in [0.3, 0.4) is 0 Å². The molecule has 158 valence electrons. The second-order valence-corrected chi connectivity index (χ2v) is 8.27. The summed E-state index contributed by atoms with van der Waals surface area (Å²) in [5.74, 6) is 0.122. The van der Waals surface area contributed by atoms with Gasteiger partial charge in [-0.2, -0.15) is 4.68 Å². The van der Waals surface area contributed by atoms with Crippen LogP contribution in [0.2, 0.25) is 0 Å². The molecule has 2 aromatic carbocycles. The zero-order valence-corrected chi connectivity index (χ0v) is 18.0. The molecule has 0 unspecified atom stereocenters. The standard InChI is InChI=1S/C23H27FN4O2/c1-14-6-10-18(11-7-14)28-22(30)26-20(27-28)19-15(2)8-9-17(16(19)3)12-25-21(29)23(4,5)13-24/h6-11H,12-13H2,1-5H3,(H,25,29)(H,26,27,30). The Bertz CT molecular complexity index is 1130. The normalized spacial score (nSPS) is 11.5. The van der Waals surface area contributed by atoms with Gasteiger partial charge in [-0.05, 0) is 63.4 Å². The maximum Gasteiger partial charge on any atom is 0.348 e. The van der Waals surface area contributed by atoms with Crippen LogP contribution in [0, 0.1) is 26.2 Å². The van der Waals surface area contributed by atoms with E-state index in [-0.39, 0.29) is 18.1 Å². The van der Waals surface area contributed by atoms with Crippen molar-refractivity contribution in [3.63, 3.8) is 0 Å². The van der Waals surface area contributed by atoms with E-state index in [1.807, 2.05) is 57.2 Å². The molecule has 0 saturated carbocycles. The third-order valence-corrected chi connectivity index (χ3v) is 5.31. The summed E-state index contributed by atoms with van der Waals surface area (Å²) < 4.78 is 14.4. The summed E-state index contributed by atoms with van der Waals surface area (Å²) in [6.45, 7) is 8.52. The van der Waals surface area contributed by atoms with E-state index in [0.717, 1.165) is 27.8 Å². The third kappa shape index (κ3) is 4.20. The molecule has 0 radical (unpaired) electrons. The molecule has 0 aliphatic rings. The summed E-state index contributed by atoms with van der Waals surface area (Å²) in [7, 11) is 0. The molecule has 3 aromatic rings. The van der Waals surface area contributed by atoms with E-state index in [2.05, 4.69) is 15.4 Å². The fourth-order valence-corrected chi connectivity index (χ4v) is 3.22. The molecule has 0 saturated heterocycles. The Kier molecular flexibility index (Phi) is 5.92. The second kappa shape index (κ2) is 8.26. The van der Waals surface area contributed by atoms with E-state index >= 15 is 0 Å². The lowest BCUT2D eigenvalue weighted by Crippen LogP contribution is -2.38. The van der Waals surface area contributed by atoms with Crippen molar-refractivity contribution in [3.05, 3.63) is 69.1 Å². The number of amides is 1. The Hall–Kier alpha value is -3.22. The van der Waals surface area contributed by atoms with Crippen LogP contribution in [-0.4, -0.2) is 27.3 Å². The predicted octanol–water partition coefficient (Wildman–Crippen LogP) is 3.76. The Labute approximate surface area is 175 Å². The van der Waals surface area contributed by atoms with Gasteiger partial charge in [0.15, 0.2) is 5.82 Å². The zero-order valence-electron chi connectivity index (χ0n) is 18.0. The fraction of sp³-hybridized carbons (Fsp3) is 0.348. The van der Waals surface area contributed by atoms with Crippen molar-refractivity contribution in [2.75, 3.05) is 6.67 Å². The lowest BCUT2D eigenvalue weighted by atomic mass is 9.93. The van der Waals surface area contributed by atoms with Crippen molar-refractivity contribution in [1.82, 2.24) is 20.1 Å². The van der Waals surface area contributed by atoms with E-state index in [0.29, 0.717) is 11.5 Å². The van der Waals surface area contributed by atoms with Gasteiger partial charge in [0.25, 0.3) is 0 Å². The average Bonchev–Trinajstić information content (AvgIpc) is 3.08. The van der Waals surface area contributed by atoms with E-state index in [9.17, 15) is 14.0 Å². The van der Waals surface area contributed by atoms with Gasteiger partial charge in [0, 0.05) is 12.1 Å². The van der Waals surface area contributed by atoms with Crippen molar-refractivity contribution in [3.8, 4) is 17.1 Å². The topological polar surface area (TPSA) is 79.8 Å². The van der Waals surface area contributed by atoms with Gasteiger partial charge in [-0.15, -0.1) is 5.10 Å². The van der Waals surface area contributed by atoms with Gasteiger partial charge in [0.2, 0.25) is 5.91 Å². The van der Waals surface area contributed by atoms with Crippen molar-refractivity contribution in [2.24, 2.45) is 5.41 Å². The minimum Gasteiger partial charge on any atom is -0.351 e. The van der Waals surface area contributed by atoms with Gasteiger partial charge < -0.3 is 5.32 Å². The van der Waals surface area contributed by atoms with Gasteiger partial charge >= 0.3 is 5.69 Å². The summed E-state index contributed by atoms with van der Waals surface area (Å²) in [6.07, 6.45) is 0. The second-order valence-electron chi connectivity index (χ2n) is 8.27. The number of hydrogen-bond acceptors (Lipinski definition) is 3. The van der Waals surface area contributed by atoms with Gasteiger partial charge in [0.05, 0.1) is 11.1 Å².